The van der Waals surface area contributed by atoms with Crippen LogP contribution in [0.1, 0.15) is 26.7 Å². The summed E-state index contributed by atoms with van der Waals surface area (Å²) in [6.07, 6.45) is 2.85. The van der Waals surface area contributed by atoms with Crippen molar-refractivity contribution in [1.29, 1.82) is 0 Å². The Morgan fingerprint density at radius 2 is 1.96 bits per heavy atom. The molecule has 0 N–H and O–H groups in total. The molecule has 28 heavy (non-hydrogen) atoms. The first kappa shape index (κ1) is 20.3. The van der Waals surface area contributed by atoms with E-state index in [2.05, 4.69) is 6.58 Å². The Morgan fingerprint density at radius 1 is 1.25 bits per heavy atom. The van der Waals surface area contributed by atoms with Gasteiger partial charge >= 0.3 is 17.9 Å². The molecule has 7 nitrogen and oxygen atoms in total. The van der Waals surface area contributed by atoms with E-state index < -0.39 is 36.0 Å². The van der Waals surface area contributed by atoms with Crippen molar-refractivity contribution in [2.75, 3.05) is 20.6 Å². The highest BCUT2D eigenvalue weighted by molar-refractivity contribution is 5.91. The van der Waals surface area contributed by atoms with Crippen LogP contribution in [0.2, 0.25) is 0 Å². The smallest absolute Gasteiger partial charge is 0.334 e. The van der Waals surface area contributed by atoms with E-state index in [1.807, 2.05) is 32.0 Å². The third-order valence-corrected chi connectivity index (χ3v) is 5.30. The molecule has 0 amide bonds. The second-order valence-electron chi connectivity index (χ2n) is 8.13. The molecule has 0 saturated carbocycles. The summed E-state index contributed by atoms with van der Waals surface area (Å²) >= 11 is 0. The van der Waals surface area contributed by atoms with Crippen molar-refractivity contribution in [1.82, 2.24) is 4.90 Å². The summed E-state index contributed by atoms with van der Waals surface area (Å²) in [6, 6.07) is 0. The molecule has 0 aromatic rings. The van der Waals surface area contributed by atoms with Gasteiger partial charge < -0.3 is 19.1 Å². The monoisotopic (exact) mass is 389 g/mol. The van der Waals surface area contributed by atoms with Gasteiger partial charge in [-0.2, -0.15) is 0 Å². The number of carbonyl (C=O) groups is 3. The lowest BCUT2D eigenvalue weighted by Gasteiger charge is -2.30. The summed E-state index contributed by atoms with van der Waals surface area (Å²) in [5, 5.41) is 0. The van der Waals surface area contributed by atoms with E-state index in [1.165, 1.54) is 0 Å². The molecule has 152 valence electrons. The number of esters is 3. The van der Waals surface area contributed by atoms with Crippen molar-refractivity contribution in [3.05, 3.63) is 35.5 Å². The Labute approximate surface area is 165 Å². The van der Waals surface area contributed by atoms with Gasteiger partial charge in [-0.1, -0.05) is 12.2 Å². The Balaban J connectivity index is 2.02. The van der Waals surface area contributed by atoms with Crippen LogP contribution in [0.3, 0.4) is 0 Å². The van der Waals surface area contributed by atoms with Gasteiger partial charge in [-0.3, -0.25) is 4.79 Å². The van der Waals surface area contributed by atoms with Gasteiger partial charge in [0.25, 0.3) is 0 Å². The number of ether oxygens (including phenoxy) is 3. The summed E-state index contributed by atoms with van der Waals surface area (Å²) in [7, 11) is 3.75. The molecule has 0 unspecified atom stereocenters. The topological polar surface area (TPSA) is 82.1 Å². The van der Waals surface area contributed by atoms with Crippen molar-refractivity contribution in [3.63, 3.8) is 0 Å². The van der Waals surface area contributed by atoms with Crippen LogP contribution in [-0.4, -0.2) is 61.8 Å². The number of rotatable bonds is 4. The SMILES string of the molecule is C=C(C)C(=O)O[C@H]1CC2=C[C@@H](C/C(C)=C/[C@H]3OC(=O)[C@@H](CN(C)C)[C@H]13)OC2=O. The van der Waals surface area contributed by atoms with Gasteiger partial charge in [-0.25, -0.2) is 9.59 Å². The van der Waals surface area contributed by atoms with Crippen LogP contribution in [0, 0.1) is 11.8 Å². The first-order valence-electron chi connectivity index (χ1n) is 9.46. The van der Waals surface area contributed by atoms with Crippen LogP contribution in [0.5, 0.6) is 0 Å². The zero-order valence-electron chi connectivity index (χ0n) is 16.8. The van der Waals surface area contributed by atoms with E-state index in [-0.39, 0.29) is 24.1 Å². The van der Waals surface area contributed by atoms with Crippen molar-refractivity contribution in [3.8, 4) is 0 Å². The lowest BCUT2D eigenvalue weighted by atomic mass is 9.81. The van der Waals surface area contributed by atoms with Crippen LogP contribution in [-0.2, 0) is 28.6 Å². The molecule has 2 heterocycles. The minimum absolute atomic E-state index is 0.184. The van der Waals surface area contributed by atoms with Gasteiger partial charge in [0, 0.05) is 30.5 Å². The summed E-state index contributed by atoms with van der Waals surface area (Å²) in [5.74, 6) is -2.14. The fourth-order valence-electron chi connectivity index (χ4n) is 4.06. The number of fused-ring (bicyclic) bond motifs is 2. The van der Waals surface area contributed by atoms with Gasteiger partial charge in [0.1, 0.15) is 18.3 Å². The minimum Gasteiger partial charge on any atom is -0.458 e. The molecule has 1 fully saturated rings. The van der Waals surface area contributed by atoms with Crippen molar-refractivity contribution in [2.45, 2.75) is 45.0 Å². The van der Waals surface area contributed by atoms with Crippen molar-refractivity contribution in [2.24, 2.45) is 11.8 Å². The van der Waals surface area contributed by atoms with E-state index in [9.17, 15) is 14.4 Å². The fourth-order valence-corrected chi connectivity index (χ4v) is 4.06. The lowest BCUT2D eigenvalue weighted by molar-refractivity contribution is -0.149. The summed E-state index contributed by atoms with van der Waals surface area (Å²) in [6.45, 7) is 7.58. The Morgan fingerprint density at radius 3 is 2.61 bits per heavy atom. The highest BCUT2D eigenvalue weighted by atomic mass is 16.6. The molecule has 5 atom stereocenters. The molecular weight excluding hydrogens is 362 g/mol. The number of hydrogen-bond acceptors (Lipinski definition) is 7. The maximum atomic E-state index is 12.6. The second kappa shape index (κ2) is 7.91. The summed E-state index contributed by atoms with van der Waals surface area (Å²) in [4.78, 5) is 39.1. The zero-order valence-corrected chi connectivity index (χ0v) is 16.8. The highest BCUT2D eigenvalue weighted by Crippen LogP contribution is 2.39. The fraction of sp³-hybridized carbons (Fsp3) is 0.571. The third-order valence-electron chi connectivity index (χ3n) is 5.30. The van der Waals surface area contributed by atoms with Crippen molar-refractivity contribution >= 4 is 17.9 Å². The molecule has 2 bridgehead atoms. The van der Waals surface area contributed by atoms with Gasteiger partial charge in [-0.05, 0) is 40.1 Å². The van der Waals surface area contributed by atoms with Gasteiger partial charge in [-0.15, -0.1) is 0 Å². The second-order valence-corrected chi connectivity index (χ2v) is 8.13. The molecular formula is C21H27NO6. The average Bonchev–Trinajstić information content (AvgIpc) is 3.05. The molecule has 0 spiro atoms. The molecule has 1 saturated heterocycles. The molecule has 3 aliphatic rings. The maximum Gasteiger partial charge on any atom is 0.334 e. The largest absolute Gasteiger partial charge is 0.458 e. The Bertz CT molecular complexity index is 765. The average molecular weight is 389 g/mol. The predicted octanol–water partition coefficient (Wildman–Crippen LogP) is 1.79. The zero-order chi connectivity index (χ0) is 20.6. The normalized spacial score (nSPS) is 34.0. The standard InChI is InChI=1S/C21H27NO6/c1-11(2)19(23)27-17-9-13-8-14(26-20(13)24)6-12(3)7-16-18(17)15(10-22(4)5)21(25)28-16/h7-8,14-18H,1,6,9-10H2,2-5H3/b12-7+/t14-,15+,16-,17+,18+/m1/s1. The van der Waals surface area contributed by atoms with Crippen LogP contribution < -0.4 is 0 Å². The lowest BCUT2D eigenvalue weighted by Crippen LogP contribution is -2.40. The van der Waals surface area contributed by atoms with Crippen LogP contribution in [0.15, 0.2) is 35.5 Å². The van der Waals surface area contributed by atoms with Crippen molar-refractivity contribution < 1.29 is 28.6 Å². The quantitative estimate of drug-likeness (QED) is 0.314. The van der Waals surface area contributed by atoms with E-state index in [1.54, 1.807) is 13.0 Å². The summed E-state index contributed by atoms with van der Waals surface area (Å²) < 4.78 is 16.8. The molecule has 7 heteroatoms. The van der Waals surface area contributed by atoms with E-state index in [0.717, 1.165) is 5.57 Å². The van der Waals surface area contributed by atoms with Crippen LogP contribution in [0.25, 0.3) is 0 Å². The number of carbonyl (C=O) groups excluding carboxylic acids is 3. The Hall–Kier alpha value is -2.41. The minimum atomic E-state index is -0.703. The molecule has 0 radical (unpaired) electrons. The molecule has 1 aliphatic carbocycles. The molecule has 3 rings (SSSR count). The Kier molecular flexibility index (Phi) is 5.74. The molecule has 2 aliphatic heterocycles. The van der Waals surface area contributed by atoms with Crippen LogP contribution in [0.4, 0.5) is 0 Å². The number of hydrogen-bond donors (Lipinski definition) is 0. The van der Waals surface area contributed by atoms with E-state index in [0.29, 0.717) is 18.5 Å². The number of nitrogens with zero attached hydrogens (tertiary/aromatic N) is 1. The predicted molar refractivity (Wildman–Crippen MR) is 101 cm³/mol. The highest BCUT2D eigenvalue weighted by Gasteiger charge is 2.50. The van der Waals surface area contributed by atoms with Gasteiger partial charge in [0.05, 0.1) is 11.8 Å². The van der Waals surface area contributed by atoms with E-state index >= 15 is 0 Å². The van der Waals surface area contributed by atoms with E-state index in [4.69, 9.17) is 14.2 Å². The van der Waals surface area contributed by atoms with Crippen LogP contribution >= 0.6 is 0 Å². The first-order valence-corrected chi connectivity index (χ1v) is 9.46. The van der Waals surface area contributed by atoms with Gasteiger partial charge in [0.2, 0.25) is 0 Å². The maximum absolute atomic E-state index is 12.6. The van der Waals surface area contributed by atoms with Gasteiger partial charge in [0.15, 0.2) is 0 Å². The summed E-state index contributed by atoms with van der Waals surface area (Å²) in [5.41, 5.74) is 1.69. The first-order chi connectivity index (χ1) is 13.2. The third kappa shape index (κ3) is 4.19. The molecule has 0 aromatic heterocycles. The molecule has 0 aromatic carbocycles.